The molecule has 2 aromatic rings. The van der Waals surface area contributed by atoms with Crippen molar-refractivity contribution in [2.75, 3.05) is 14.2 Å². The standard InChI is InChI=1S/C15H20N2O2S/c1-10-11(2)20-15(17-10)9-19-13-6-5-12(8-16-3)7-14(13)18-4/h5-7,16H,8-9H2,1-4H3. The van der Waals surface area contributed by atoms with E-state index in [0.29, 0.717) is 6.61 Å². The lowest BCUT2D eigenvalue weighted by Gasteiger charge is -2.11. The summed E-state index contributed by atoms with van der Waals surface area (Å²) in [6.07, 6.45) is 0. The zero-order valence-corrected chi connectivity index (χ0v) is 13.1. The number of aryl methyl sites for hydroxylation is 2. The van der Waals surface area contributed by atoms with Gasteiger partial charge < -0.3 is 14.8 Å². The van der Waals surface area contributed by atoms with Crippen molar-refractivity contribution in [3.05, 3.63) is 39.3 Å². The van der Waals surface area contributed by atoms with Crippen LogP contribution in [0.4, 0.5) is 0 Å². The number of ether oxygens (including phenoxy) is 2. The summed E-state index contributed by atoms with van der Waals surface area (Å²) < 4.78 is 11.2. The maximum atomic E-state index is 5.82. The summed E-state index contributed by atoms with van der Waals surface area (Å²) in [4.78, 5) is 5.71. The number of nitrogens with zero attached hydrogens (tertiary/aromatic N) is 1. The summed E-state index contributed by atoms with van der Waals surface area (Å²) in [5.74, 6) is 1.50. The monoisotopic (exact) mass is 292 g/mol. The fraction of sp³-hybridized carbons (Fsp3) is 0.400. The van der Waals surface area contributed by atoms with Crippen molar-refractivity contribution < 1.29 is 9.47 Å². The quantitative estimate of drug-likeness (QED) is 0.888. The van der Waals surface area contributed by atoms with Crippen molar-refractivity contribution in [3.8, 4) is 11.5 Å². The van der Waals surface area contributed by atoms with Crippen LogP contribution >= 0.6 is 11.3 Å². The Balaban J connectivity index is 2.08. The molecule has 0 aliphatic carbocycles. The third-order valence-electron chi connectivity index (χ3n) is 3.03. The van der Waals surface area contributed by atoms with Gasteiger partial charge in [0.25, 0.3) is 0 Å². The number of thiazole rings is 1. The van der Waals surface area contributed by atoms with Crippen LogP contribution < -0.4 is 14.8 Å². The third-order valence-corrected chi connectivity index (χ3v) is 4.08. The first-order chi connectivity index (χ1) is 9.63. The Morgan fingerprint density at radius 1 is 1.25 bits per heavy atom. The molecule has 108 valence electrons. The Morgan fingerprint density at radius 3 is 2.65 bits per heavy atom. The van der Waals surface area contributed by atoms with Crippen molar-refractivity contribution in [3.63, 3.8) is 0 Å². The molecule has 20 heavy (non-hydrogen) atoms. The van der Waals surface area contributed by atoms with Crippen LogP contribution in [0.3, 0.4) is 0 Å². The maximum Gasteiger partial charge on any atom is 0.161 e. The van der Waals surface area contributed by atoms with Crippen LogP contribution in [-0.4, -0.2) is 19.1 Å². The molecule has 0 amide bonds. The van der Waals surface area contributed by atoms with Crippen molar-refractivity contribution >= 4 is 11.3 Å². The second kappa shape index (κ2) is 6.72. The van der Waals surface area contributed by atoms with Gasteiger partial charge in [0.2, 0.25) is 0 Å². The molecule has 1 N–H and O–H groups in total. The molecule has 0 atom stereocenters. The zero-order valence-electron chi connectivity index (χ0n) is 12.3. The van der Waals surface area contributed by atoms with E-state index in [1.165, 1.54) is 4.88 Å². The fourth-order valence-corrected chi connectivity index (χ4v) is 2.73. The Kier molecular flexibility index (Phi) is 4.98. The van der Waals surface area contributed by atoms with Gasteiger partial charge in [-0.3, -0.25) is 0 Å². The molecule has 2 rings (SSSR count). The van der Waals surface area contributed by atoms with Crippen LogP contribution in [0, 0.1) is 13.8 Å². The predicted octanol–water partition coefficient (Wildman–Crippen LogP) is 3.07. The van der Waals surface area contributed by atoms with Gasteiger partial charge in [0.15, 0.2) is 11.5 Å². The largest absolute Gasteiger partial charge is 0.493 e. The molecular formula is C15H20N2O2S. The van der Waals surface area contributed by atoms with Crippen LogP contribution in [0.5, 0.6) is 11.5 Å². The molecule has 0 bridgehead atoms. The first kappa shape index (κ1) is 14.8. The molecule has 0 unspecified atom stereocenters. The van der Waals surface area contributed by atoms with Crippen LogP contribution in [0.1, 0.15) is 21.1 Å². The second-order valence-electron chi connectivity index (χ2n) is 4.55. The second-order valence-corrected chi connectivity index (χ2v) is 5.84. The van der Waals surface area contributed by atoms with E-state index >= 15 is 0 Å². The molecule has 0 saturated carbocycles. The molecule has 0 aliphatic rings. The highest BCUT2D eigenvalue weighted by molar-refractivity contribution is 7.11. The first-order valence-electron chi connectivity index (χ1n) is 6.51. The SMILES string of the molecule is CNCc1ccc(OCc2nc(C)c(C)s2)c(OC)c1. The smallest absolute Gasteiger partial charge is 0.161 e. The molecular weight excluding hydrogens is 272 g/mol. The number of methoxy groups -OCH3 is 1. The van der Waals surface area contributed by atoms with Gasteiger partial charge >= 0.3 is 0 Å². The molecule has 0 spiro atoms. The molecule has 0 saturated heterocycles. The van der Waals surface area contributed by atoms with Gasteiger partial charge in [0, 0.05) is 11.4 Å². The predicted molar refractivity (Wildman–Crippen MR) is 81.7 cm³/mol. The van der Waals surface area contributed by atoms with Gasteiger partial charge in [0.1, 0.15) is 11.6 Å². The number of hydrogen-bond acceptors (Lipinski definition) is 5. The third kappa shape index (κ3) is 3.49. The number of nitrogens with one attached hydrogen (secondary N) is 1. The van der Waals surface area contributed by atoms with Crippen LogP contribution in [0.15, 0.2) is 18.2 Å². The average molecular weight is 292 g/mol. The summed E-state index contributed by atoms with van der Waals surface area (Å²) in [5.41, 5.74) is 2.24. The van der Waals surface area contributed by atoms with Crippen molar-refractivity contribution in [2.45, 2.75) is 27.0 Å². The summed E-state index contributed by atoms with van der Waals surface area (Å²) in [7, 11) is 3.58. The van der Waals surface area contributed by atoms with E-state index in [-0.39, 0.29) is 0 Å². The Labute approximate surface area is 123 Å². The molecule has 0 radical (unpaired) electrons. The highest BCUT2D eigenvalue weighted by atomic mass is 32.1. The van der Waals surface area contributed by atoms with Gasteiger partial charge in [0.05, 0.1) is 12.8 Å². The Hall–Kier alpha value is -1.59. The average Bonchev–Trinajstić information content (AvgIpc) is 2.76. The molecule has 4 nitrogen and oxygen atoms in total. The molecule has 0 aliphatic heterocycles. The maximum absolute atomic E-state index is 5.82. The van der Waals surface area contributed by atoms with Crippen molar-refractivity contribution in [1.29, 1.82) is 0 Å². The van der Waals surface area contributed by atoms with Crippen molar-refractivity contribution in [1.82, 2.24) is 10.3 Å². The fourth-order valence-electron chi connectivity index (χ4n) is 1.89. The summed E-state index contributed by atoms with van der Waals surface area (Å²) in [5, 5.41) is 4.10. The number of aromatic nitrogens is 1. The molecule has 0 fully saturated rings. The van der Waals surface area contributed by atoms with E-state index in [9.17, 15) is 0 Å². The van der Waals surface area contributed by atoms with E-state index in [1.54, 1.807) is 18.4 Å². The lowest BCUT2D eigenvalue weighted by atomic mass is 10.2. The van der Waals surface area contributed by atoms with Crippen LogP contribution in [0.2, 0.25) is 0 Å². The van der Waals surface area contributed by atoms with Crippen molar-refractivity contribution in [2.24, 2.45) is 0 Å². The minimum absolute atomic E-state index is 0.473. The number of benzene rings is 1. The number of rotatable bonds is 6. The van der Waals surface area contributed by atoms with Gasteiger partial charge in [-0.2, -0.15) is 0 Å². The highest BCUT2D eigenvalue weighted by Gasteiger charge is 2.08. The first-order valence-corrected chi connectivity index (χ1v) is 7.33. The lowest BCUT2D eigenvalue weighted by molar-refractivity contribution is 0.283. The van der Waals surface area contributed by atoms with E-state index in [1.807, 2.05) is 32.2 Å². The van der Waals surface area contributed by atoms with Gasteiger partial charge in [-0.1, -0.05) is 6.07 Å². The minimum Gasteiger partial charge on any atom is -0.493 e. The van der Waals surface area contributed by atoms with E-state index in [0.717, 1.165) is 34.3 Å². The molecule has 5 heteroatoms. The van der Waals surface area contributed by atoms with Crippen LogP contribution in [0.25, 0.3) is 0 Å². The van der Waals surface area contributed by atoms with E-state index in [2.05, 4.69) is 17.2 Å². The molecule has 1 aromatic heterocycles. The summed E-state index contributed by atoms with van der Waals surface area (Å²) in [6.45, 7) is 5.37. The highest BCUT2D eigenvalue weighted by Crippen LogP contribution is 2.29. The zero-order chi connectivity index (χ0) is 14.5. The molecule has 1 aromatic carbocycles. The van der Waals surface area contributed by atoms with Gasteiger partial charge in [-0.15, -0.1) is 11.3 Å². The lowest BCUT2D eigenvalue weighted by Crippen LogP contribution is -2.05. The van der Waals surface area contributed by atoms with E-state index < -0.39 is 0 Å². The molecule has 1 heterocycles. The van der Waals surface area contributed by atoms with Gasteiger partial charge in [-0.25, -0.2) is 4.98 Å². The van der Waals surface area contributed by atoms with Gasteiger partial charge in [-0.05, 0) is 38.6 Å². The summed E-state index contributed by atoms with van der Waals surface area (Å²) in [6, 6.07) is 5.97. The van der Waals surface area contributed by atoms with Crippen LogP contribution in [-0.2, 0) is 13.2 Å². The topological polar surface area (TPSA) is 43.4 Å². The normalized spacial score (nSPS) is 10.6. The Bertz CT molecular complexity index is 562. The summed E-state index contributed by atoms with van der Waals surface area (Å²) >= 11 is 1.67. The van der Waals surface area contributed by atoms with E-state index in [4.69, 9.17) is 9.47 Å². The Morgan fingerprint density at radius 2 is 2.05 bits per heavy atom. The number of hydrogen-bond donors (Lipinski definition) is 1. The minimum atomic E-state index is 0.473.